The molecule has 4 aromatic rings. The summed E-state index contributed by atoms with van der Waals surface area (Å²) in [4.78, 5) is 38.7. The van der Waals surface area contributed by atoms with Crippen molar-refractivity contribution >= 4 is 17.4 Å². The summed E-state index contributed by atoms with van der Waals surface area (Å²) in [5.74, 6) is 0.886. The number of likely N-dealkylation sites (N-methyl/N-ethyl adjacent to an activating group) is 1. The van der Waals surface area contributed by atoms with Crippen LogP contribution < -0.4 is 14.5 Å². The van der Waals surface area contributed by atoms with Crippen LogP contribution in [0.2, 0.25) is 0 Å². The number of carbonyl (C=O) groups is 1. The maximum absolute atomic E-state index is 13.6. The highest BCUT2D eigenvalue weighted by Crippen LogP contribution is 2.52. The van der Waals surface area contributed by atoms with Crippen LogP contribution in [-0.4, -0.2) is 55.1 Å². The van der Waals surface area contributed by atoms with E-state index in [1.54, 1.807) is 30.3 Å². The van der Waals surface area contributed by atoms with Gasteiger partial charge in [-0.1, -0.05) is 24.3 Å². The van der Waals surface area contributed by atoms with Crippen LogP contribution in [-0.2, 0) is 17.5 Å². The first-order valence-electron chi connectivity index (χ1n) is 13.9. The zero-order valence-electron chi connectivity index (χ0n) is 23.5. The molecule has 3 aromatic heterocycles. The van der Waals surface area contributed by atoms with Crippen molar-refractivity contribution in [3.05, 3.63) is 59.9 Å². The van der Waals surface area contributed by atoms with E-state index in [4.69, 9.17) is 9.72 Å². The Labute approximate surface area is 247 Å². The molecule has 228 valence electrons. The van der Waals surface area contributed by atoms with Crippen LogP contribution >= 0.6 is 0 Å². The van der Waals surface area contributed by atoms with Gasteiger partial charge in [-0.15, -0.1) is 0 Å². The largest absolute Gasteiger partial charge is 0.480 e. The second-order valence-corrected chi connectivity index (χ2v) is 11.1. The molecule has 0 bridgehead atoms. The third-order valence-corrected chi connectivity index (χ3v) is 8.32. The molecule has 1 amide bonds. The molecule has 10 nitrogen and oxygen atoms in total. The Kier molecular flexibility index (Phi) is 6.34. The Morgan fingerprint density at radius 1 is 1.07 bits per heavy atom. The van der Waals surface area contributed by atoms with Crippen LogP contribution in [0.4, 0.5) is 33.5 Å². The highest BCUT2D eigenvalue weighted by atomic mass is 19.4. The molecule has 1 spiro atoms. The van der Waals surface area contributed by atoms with Gasteiger partial charge in [0.05, 0.1) is 19.0 Å². The topological polar surface area (TPSA) is 102 Å². The van der Waals surface area contributed by atoms with E-state index in [1.807, 2.05) is 4.90 Å². The Balaban J connectivity index is 1.27. The average Bonchev–Trinajstić information content (AvgIpc) is 3.95. The molecule has 4 heterocycles. The summed E-state index contributed by atoms with van der Waals surface area (Å²) in [6.07, 6.45) is 1.64. The van der Waals surface area contributed by atoms with Crippen LogP contribution in [0.1, 0.15) is 55.1 Å². The Hall–Kier alpha value is -4.69. The number of anilines is 2. The Morgan fingerprint density at radius 3 is 2.41 bits per heavy atom. The Morgan fingerprint density at radius 2 is 1.80 bits per heavy atom. The van der Waals surface area contributed by atoms with Gasteiger partial charge in [0.2, 0.25) is 5.88 Å². The molecule has 3 aliphatic rings. The van der Waals surface area contributed by atoms with Crippen molar-refractivity contribution in [2.24, 2.45) is 0 Å². The van der Waals surface area contributed by atoms with E-state index in [0.29, 0.717) is 53.4 Å². The van der Waals surface area contributed by atoms with Gasteiger partial charge in [0, 0.05) is 31.3 Å². The second kappa shape index (κ2) is 9.92. The van der Waals surface area contributed by atoms with Crippen molar-refractivity contribution in [1.29, 1.82) is 0 Å². The monoisotopic (exact) mass is 612 g/mol. The predicted molar refractivity (Wildman–Crippen MR) is 147 cm³/mol. The molecule has 7 rings (SSSR count). The number of fused-ring (bicyclic) bond motifs is 1. The SMILES string of the molecule is COc1ncnc(C2CC2)c1-c1ncc2c(n1)N(Cc1ccc(-c3nc(C(F)(F)F)cn3C(F)F)cc1)C1(CC1)C(=O)N2C. The number of halogens is 5. The number of hydrogen-bond donors (Lipinski definition) is 0. The number of ether oxygens (including phenoxy) is 1. The zero-order valence-corrected chi connectivity index (χ0v) is 23.5. The fourth-order valence-electron chi connectivity index (χ4n) is 5.74. The highest BCUT2D eigenvalue weighted by molar-refractivity contribution is 6.09. The van der Waals surface area contributed by atoms with Gasteiger partial charge in [-0.3, -0.25) is 9.36 Å². The number of carbonyl (C=O) groups excluding carboxylic acids is 1. The first-order valence-corrected chi connectivity index (χ1v) is 13.9. The van der Waals surface area contributed by atoms with E-state index >= 15 is 0 Å². The van der Waals surface area contributed by atoms with Crippen LogP contribution in [0, 0.1) is 0 Å². The summed E-state index contributed by atoms with van der Waals surface area (Å²) >= 11 is 0. The van der Waals surface area contributed by atoms with Gasteiger partial charge in [0.1, 0.15) is 28.9 Å². The molecule has 0 saturated heterocycles. The molecule has 2 aliphatic carbocycles. The average molecular weight is 613 g/mol. The first-order chi connectivity index (χ1) is 21.0. The van der Waals surface area contributed by atoms with Crippen LogP contribution in [0.25, 0.3) is 22.8 Å². The number of nitrogens with zero attached hydrogens (tertiary/aromatic N) is 8. The number of benzene rings is 1. The molecule has 1 aromatic carbocycles. The molecular weight excluding hydrogens is 587 g/mol. The van der Waals surface area contributed by atoms with E-state index in [9.17, 15) is 26.7 Å². The molecule has 0 atom stereocenters. The van der Waals surface area contributed by atoms with Gasteiger partial charge in [-0.05, 0) is 31.2 Å². The molecular formula is C29H25F5N8O2. The van der Waals surface area contributed by atoms with Gasteiger partial charge in [-0.25, -0.2) is 24.9 Å². The molecule has 44 heavy (non-hydrogen) atoms. The molecule has 2 fully saturated rings. The lowest BCUT2D eigenvalue weighted by molar-refractivity contribution is -0.141. The normalized spacial score (nSPS) is 17.4. The number of hydrogen-bond acceptors (Lipinski definition) is 8. The highest BCUT2D eigenvalue weighted by Gasteiger charge is 2.59. The summed E-state index contributed by atoms with van der Waals surface area (Å²) in [7, 11) is 3.19. The van der Waals surface area contributed by atoms with E-state index < -0.39 is 29.8 Å². The number of rotatable bonds is 7. The lowest BCUT2D eigenvalue weighted by Crippen LogP contribution is -2.54. The van der Waals surface area contributed by atoms with Crippen molar-refractivity contribution < 1.29 is 31.5 Å². The minimum absolute atomic E-state index is 0.0916. The number of imidazole rings is 1. The van der Waals surface area contributed by atoms with E-state index in [-0.39, 0.29) is 28.5 Å². The minimum atomic E-state index is -4.87. The second-order valence-electron chi connectivity index (χ2n) is 11.1. The van der Waals surface area contributed by atoms with Crippen LogP contribution in [0.15, 0.2) is 43.0 Å². The third kappa shape index (κ3) is 4.52. The molecule has 2 saturated carbocycles. The maximum Gasteiger partial charge on any atom is 0.434 e. The van der Waals surface area contributed by atoms with Gasteiger partial charge in [0.25, 0.3) is 5.91 Å². The summed E-state index contributed by atoms with van der Waals surface area (Å²) in [5.41, 5.74) is 0.466. The number of methoxy groups -OCH3 is 1. The summed E-state index contributed by atoms with van der Waals surface area (Å²) in [5, 5.41) is 0. The summed E-state index contributed by atoms with van der Waals surface area (Å²) in [6.45, 7) is -2.99. The standard InChI is InChI=1S/C29H25F5N8O2/c1-40-18-11-35-22(20-21(16-7-8-16)36-14-37-25(20)44-2)39-24(18)42(28(9-10-28)26(40)43)12-15-3-5-17(6-4-15)23-38-19(29(32,33)34)13-41(23)27(30)31/h3-6,11,13-14,16,27H,7-10,12H2,1-2H3. The molecule has 0 radical (unpaired) electrons. The smallest absolute Gasteiger partial charge is 0.434 e. The first kappa shape index (κ1) is 28.1. The lowest BCUT2D eigenvalue weighted by Gasteiger charge is -2.41. The molecule has 1 aliphatic heterocycles. The van der Waals surface area contributed by atoms with Crippen molar-refractivity contribution in [2.45, 2.75) is 56.4 Å². The lowest BCUT2D eigenvalue weighted by atomic mass is 10.0. The quantitative estimate of drug-likeness (QED) is 0.248. The maximum atomic E-state index is 13.6. The number of aromatic nitrogens is 6. The molecule has 0 N–H and O–H groups in total. The summed E-state index contributed by atoms with van der Waals surface area (Å²) in [6, 6.07) is 6.11. The van der Waals surface area contributed by atoms with Gasteiger partial charge >= 0.3 is 12.7 Å². The molecule has 15 heteroatoms. The fraction of sp³-hybridized carbons (Fsp3) is 0.379. The van der Waals surface area contributed by atoms with Crippen molar-refractivity contribution in [3.63, 3.8) is 0 Å². The van der Waals surface area contributed by atoms with Crippen molar-refractivity contribution in [1.82, 2.24) is 29.5 Å². The molecule has 0 unspecified atom stereocenters. The van der Waals surface area contributed by atoms with Gasteiger partial charge < -0.3 is 14.5 Å². The summed E-state index contributed by atoms with van der Waals surface area (Å²) < 4.78 is 72.5. The van der Waals surface area contributed by atoms with E-state index in [2.05, 4.69) is 19.9 Å². The van der Waals surface area contributed by atoms with Crippen molar-refractivity contribution in [3.8, 4) is 28.7 Å². The van der Waals surface area contributed by atoms with Gasteiger partial charge in [-0.2, -0.15) is 22.0 Å². The Bertz CT molecular complexity index is 1770. The fourth-order valence-corrected chi connectivity index (χ4v) is 5.74. The third-order valence-electron chi connectivity index (χ3n) is 8.32. The van der Waals surface area contributed by atoms with Crippen molar-refractivity contribution in [2.75, 3.05) is 24.0 Å². The number of amides is 1. The minimum Gasteiger partial charge on any atom is -0.480 e. The zero-order chi connectivity index (χ0) is 31.0. The van der Waals surface area contributed by atoms with Crippen LogP contribution in [0.3, 0.4) is 0 Å². The van der Waals surface area contributed by atoms with Gasteiger partial charge in [0.15, 0.2) is 17.3 Å². The number of alkyl halides is 5. The van der Waals surface area contributed by atoms with E-state index in [1.165, 1.54) is 25.6 Å². The van der Waals surface area contributed by atoms with E-state index in [0.717, 1.165) is 18.5 Å². The van der Waals surface area contributed by atoms with Crippen LogP contribution in [0.5, 0.6) is 5.88 Å². The predicted octanol–water partition coefficient (Wildman–Crippen LogP) is 5.61.